The maximum Gasteiger partial charge on any atom is 0.143 e. The van der Waals surface area contributed by atoms with Gasteiger partial charge < -0.3 is 9.67 Å². The van der Waals surface area contributed by atoms with Crippen LogP contribution in [0.5, 0.6) is 0 Å². The lowest BCUT2D eigenvalue weighted by atomic mass is 10.1. The van der Waals surface area contributed by atoms with Crippen LogP contribution < -0.4 is 0 Å². The van der Waals surface area contributed by atoms with Crippen molar-refractivity contribution in [3.8, 4) is 0 Å². The van der Waals surface area contributed by atoms with Gasteiger partial charge in [0.15, 0.2) is 0 Å². The van der Waals surface area contributed by atoms with E-state index in [4.69, 9.17) is 0 Å². The van der Waals surface area contributed by atoms with Gasteiger partial charge in [-0.05, 0) is 38.2 Å². The van der Waals surface area contributed by atoms with Crippen LogP contribution in [0.15, 0.2) is 18.6 Å². The van der Waals surface area contributed by atoms with Crippen molar-refractivity contribution in [3.05, 3.63) is 24.3 Å². The summed E-state index contributed by atoms with van der Waals surface area (Å²) in [4.78, 5) is 8.60. The SMILES string of the molecule is Cc1ncnc2c1ccn2C1CCC(CO)C1. The van der Waals surface area contributed by atoms with Crippen LogP contribution in [0.4, 0.5) is 0 Å². The first-order valence-corrected chi connectivity index (χ1v) is 6.18. The van der Waals surface area contributed by atoms with E-state index in [9.17, 15) is 5.11 Å². The Balaban J connectivity index is 1.99. The molecule has 1 fully saturated rings. The smallest absolute Gasteiger partial charge is 0.143 e. The van der Waals surface area contributed by atoms with Crippen molar-refractivity contribution in [1.82, 2.24) is 14.5 Å². The van der Waals surface area contributed by atoms with Crippen molar-refractivity contribution in [3.63, 3.8) is 0 Å². The van der Waals surface area contributed by atoms with Crippen molar-refractivity contribution in [2.75, 3.05) is 6.61 Å². The lowest BCUT2D eigenvalue weighted by Crippen LogP contribution is -2.06. The molecule has 2 unspecified atom stereocenters. The number of rotatable bonds is 2. The zero-order valence-corrected chi connectivity index (χ0v) is 10.0. The van der Waals surface area contributed by atoms with E-state index >= 15 is 0 Å². The summed E-state index contributed by atoms with van der Waals surface area (Å²) in [6.45, 7) is 2.32. The van der Waals surface area contributed by atoms with Crippen LogP contribution in [-0.2, 0) is 0 Å². The first kappa shape index (κ1) is 10.7. The maximum absolute atomic E-state index is 9.20. The van der Waals surface area contributed by atoms with Gasteiger partial charge >= 0.3 is 0 Å². The largest absolute Gasteiger partial charge is 0.396 e. The van der Waals surface area contributed by atoms with Crippen LogP contribution >= 0.6 is 0 Å². The van der Waals surface area contributed by atoms with E-state index in [0.29, 0.717) is 18.6 Å². The zero-order valence-electron chi connectivity index (χ0n) is 10.0. The molecule has 0 bridgehead atoms. The third-order valence-electron chi connectivity index (χ3n) is 3.87. The molecule has 0 radical (unpaired) electrons. The molecule has 0 spiro atoms. The number of aromatic nitrogens is 3. The molecule has 4 heteroatoms. The number of hydrogen-bond acceptors (Lipinski definition) is 3. The van der Waals surface area contributed by atoms with E-state index in [0.717, 1.165) is 36.0 Å². The van der Waals surface area contributed by atoms with Gasteiger partial charge in [0.1, 0.15) is 12.0 Å². The van der Waals surface area contributed by atoms with Crippen LogP contribution in [0, 0.1) is 12.8 Å². The van der Waals surface area contributed by atoms with Crippen molar-refractivity contribution < 1.29 is 5.11 Å². The fourth-order valence-electron chi connectivity index (χ4n) is 2.86. The first-order valence-electron chi connectivity index (χ1n) is 6.18. The second-order valence-electron chi connectivity index (χ2n) is 4.93. The molecule has 1 aliphatic carbocycles. The van der Waals surface area contributed by atoms with Gasteiger partial charge in [0.2, 0.25) is 0 Å². The third kappa shape index (κ3) is 1.72. The van der Waals surface area contributed by atoms with Crippen LogP contribution in [0.3, 0.4) is 0 Å². The molecular formula is C13H17N3O. The summed E-state index contributed by atoms with van der Waals surface area (Å²) in [6.07, 6.45) is 7.05. The lowest BCUT2D eigenvalue weighted by molar-refractivity contribution is 0.226. The predicted molar refractivity (Wildman–Crippen MR) is 65.7 cm³/mol. The normalized spacial score (nSPS) is 24.6. The van der Waals surface area contributed by atoms with E-state index < -0.39 is 0 Å². The molecule has 1 N–H and O–H groups in total. The predicted octanol–water partition coefficient (Wildman–Crippen LogP) is 2.07. The minimum absolute atomic E-state index is 0.309. The molecule has 3 rings (SSSR count). The van der Waals surface area contributed by atoms with E-state index in [-0.39, 0.29) is 0 Å². The molecule has 4 nitrogen and oxygen atoms in total. The molecule has 2 atom stereocenters. The van der Waals surface area contributed by atoms with Gasteiger partial charge in [0.25, 0.3) is 0 Å². The number of hydrogen-bond donors (Lipinski definition) is 1. The minimum atomic E-state index is 0.309. The molecule has 17 heavy (non-hydrogen) atoms. The van der Waals surface area contributed by atoms with E-state index in [2.05, 4.69) is 26.8 Å². The van der Waals surface area contributed by atoms with Crippen molar-refractivity contribution in [2.24, 2.45) is 5.92 Å². The summed E-state index contributed by atoms with van der Waals surface area (Å²) in [7, 11) is 0. The van der Waals surface area contributed by atoms with E-state index in [1.807, 2.05) is 6.92 Å². The first-order chi connectivity index (χ1) is 8.29. The number of aryl methyl sites for hydroxylation is 1. The standard InChI is InChI=1S/C13H17N3O/c1-9-12-4-5-16(13(12)15-8-14-9)11-3-2-10(6-11)7-17/h4-5,8,10-11,17H,2-3,6-7H2,1H3. The van der Waals surface area contributed by atoms with Crippen molar-refractivity contribution in [1.29, 1.82) is 0 Å². The van der Waals surface area contributed by atoms with E-state index in [1.54, 1.807) is 6.33 Å². The van der Waals surface area contributed by atoms with Crippen molar-refractivity contribution in [2.45, 2.75) is 32.2 Å². The van der Waals surface area contributed by atoms with Gasteiger partial charge in [-0.1, -0.05) is 0 Å². The van der Waals surface area contributed by atoms with Gasteiger partial charge in [-0.25, -0.2) is 9.97 Å². The maximum atomic E-state index is 9.20. The molecule has 1 saturated carbocycles. The van der Waals surface area contributed by atoms with Gasteiger partial charge in [-0.2, -0.15) is 0 Å². The van der Waals surface area contributed by atoms with Gasteiger partial charge in [-0.15, -0.1) is 0 Å². The van der Waals surface area contributed by atoms with Crippen LogP contribution in [-0.4, -0.2) is 26.2 Å². The highest BCUT2D eigenvalue weighted by molar-refractivity contribution is 5.78. The summed E-state index contributed by atoms with van der Waals surface area (Å²) < 4.78 is 2.25. The Morgan fingerprint density at radius 3 is 3.06 bits per heavy atom. The average molecular weight is 231 g/mol. The summed E-state index contributed by atoms with van der Waals surface area (Å²) in [5.41, 5.74) is 2.06. The topological polar surface area (TPSA) is 50.9 Å². The highest BCUT2D eigenvalue weighted by atomic mass is 16.3. The number of aliphatic hydroxyl groups is 1. The Hall–Kier alpha value is -1.42. The highest BCUT2D eigenvalue weighted by Crippen LogP contribution is 2.36. The molecule has 0 aromatic carbocycles. The van der Waals surface area contributed by atoms with Crippen LogP contribution in [0.25, 0.3) is 11.0 Å². The average Bonchev–Trinajstić information content (AvgIpc) is 2.94. The summed E-state index contributed by atoms with van der Waals surface area (Å²) in [6, 6.07) is 2.58. The van der Waals surface area contributed by atoms with Gasteiger partial charge in [0, 0.05) is 24.2 Å². The fraction of sp³-hybridized carbons (Fsp3) is 0.538. The van der Waals surface area contributed by atoms with Gasteiger partial charge in [0.05, 0.1) is 5.69 Å². The Morgan fingerprint density at radius 1 is 1.41 bits per heavy atom. The second kappa shape index (κ2) is 4.11. The molecular weight excluding hydrogens is 214 g/mol. The Bertz CT molecular complexity index is 534. The molecule has 2 aromatic rings. The summed E-state index contributed by atoms with van der Waals surface area (Å²) in [5, 5.41) is 10.3. The number of fused-ring (bicyclic) bond motifs is 1. The number of nitrogens with zero attached hydrogens (tertiary/aromatic N) is 3. The monoisotopic (exact) mass is 231 g/mol. The molecule has 0 amide bonds. The quantitative estimate of drug-likeness (QED) is 0.860. The van der Waals surface area contributed by atoms with Gasteiger partial charge in [-0.3, -0.25) is 0 Å². The fourth-order valence-corrected chi connectivity index (χ4v) is 2.86. The van der Waals surface area contributed by atoms with Crippen LogP contribution in [0.1, 0.15) is 31.0 Å². The summed E-state index contributed by atoms with van der Waals surface area (Å²) in [5.74, 6) is 0.459. The van der Waals surface area contributed by atoms with Crippen molar-refractivity contribution >= 4 is 11.0 Å². The Kier molecular flexibility index (Phi) is 2.59. The summed E-state index contributed by atoms with van der Waals surface area (Å²) >= 11 is 0. The molecule has 0 aliphatic heterocycles. The molecule has 90 valence electrons. The Labute approximate surface area is 100 Å². The van der Waals surface area contributed by atoms with E-state index in [1.165, 1.54) is 0 Å². The second-order valence-corrected chi connectivity index (χ2v) is 4.93. The molecule has 2 heterocycles. The minimum Gasteiger partial charge on any atom is -0.396 e. The third-order valence-corrected chi connectivity index (χ3v) is 3.87. The Morgan fingerprint density at radius 2 is 2.29 bits per heavy atom. The van der Waals surface area contributed by atoms with Crippen LogP contribution in [0.2, 0.25) is 0 Å². The zero-order chi connectivity index (χ0) is 11.8. The lowest BCUT2D eigenvalue weighted by Gasteiger charge is -2.13. The molecule has 0 saturated heterocycles. The molecule has 1 aliphatic rings. The number of aliphatic hydroxyl groups excluding tert-OH is 1. The molecule has 2 aromatic heterocycles. The highest BCUT2D eigenvalue weighted by Gasteiger charge is 2.26.